The molecule has 0 heterocycles. The zero-order chi connectivity index (χ0) is 35.2. The first kappa shape index (κ1) is 37.8. The summed E-state index contributed by atoms with van der Waals surface area (Å²) in [5.41, 5.74) is 3.43. The van der Waals surface area contributed by atoms with Crippen LogP contribution in [0.5, 0.6) is 5.75 Å². The average molecular weight is 658 g/mol. The Morgan fingerprint density at radius 1 is 0.708 bits per heavy atom. The predicted octanol–water partition coefficient (Wildman–Crippen LogP) is 4.05. The molecule has 0 bridgehead atoms. The molecule has 0 fully saturated rings. The number of aromatic hydroxyl groups is 1. The lowest BCUT2D eigenvalue weighted by Crippen LogP contribution is -2.55. The first-order chi connectivity index (χ1) is 22.9. The van der Waals surface area contributed by atoms with Crippen LogP contribution in [0.3, 0.4) is 0 Å². The van der Waals surface area contributed by atoms with Crippen molar-refractivity contribution in [2.45, 2.75) is 85.0 Å². The van der Waals surface area contributed by atoms with Crippen molar-refractivity contribution in [3.8, 4) is 5.75 Å². The van der Waals surface area contributed by atoms with Gasteiger partial charge >= 0.3 is 0 Å². The quantitative estimate of drug-likeness (QED) is 0.129. The molecule has 1 unspecified atom stereocenters. The van der Waals surface area contributed by atoms with Gasteiger partial charge in [0.05, 0.1) is 6.04 Å². The molecule has 0 aromatic heterocycles. The summed E-state index contributed by atoms with van der Waals surface area (Å²) >= 11 is 0. The third kappa shape index (κ3) is 11.5. The first-order valence-electron chi connectivity index (χ1n) is 16.8. The highest BCUT2D eigenvalue weighted by Crippen LogP contribution is 2.19. The van der Waals surface area contributed by atoms with E-state index in [2.05, 4.69) is 26.6 Å². The van der Waals surface area contributed by atoms with Crippen LogP contribution in [0.4, 0.5) is 0 Å². The third-order valence-electron chi connectivity index (χ3n) is 8.29. The summed E-state index contributed by atoms with van der Waals surface area (Å²) in [6.07, 6.45) is 1.76. The number of carbonyl (C=O) groups is 4. The van der Waals surface area contributed by atoms with E-state index in [9.17, 15) is 24.3 Å². The molecule has 0 aliphatic carbocycles. The van der Waals surface area contributed by atoms with Crippen molar-refractivity contribution < 1.29 is 24.3 Å². The van der Waals surface area contributed by atoms with Crippen molar-refractivity contribution in [2.24, 2.45) is 5.92 Å². The Morgan fingerprint density at radius 3 is 1.92 bits per heavy atom. The Bertz CT molecular complexity index is 1530. The Hall–Kier alpha value is -4.70. The molecule has 258 valence electrons. The maximum absolute atomic E-state index is 13.5. The van der Waals surface area contributed by atoms with Gasteiger partial charge in [0.15, 0.2) is 0 Å². The highest BCUT2D eigenvalue weighted by molar-refractivity contribution is 6.00. The van der Waals surface area contributed by atoms with Crippen LogP contribution in [0, 0.1) is 12.8 Å². The van der Waals surface area contributed by atoms with Crippen molar-refractivity contribution >= 4 is 23.6 Å². The summed E-state index contributed by atoms with van der Waals surface area (Å²) in [4.78, 5) is 52.2. The van der Waals surface area contributed by atoms with Gasteiger partial charge in [-0.2, -0.15) is 0 Å². The number of aryl methyl sites for hydroxylation is 1. The van der Waals surface area contributed by atoms with E-state index in [0.717, 1.165) is 16.7 Å². The van der Waals surface area contributed by atoms with Gasteiger partial charge in [0, 0.05) is 36.3 Å². The minimum Gasteiger partial charge on any atom is -0.508 e. The van der Waals surface area contributed by atoms with Gasteiger partial charge < -0.3 is 31.7 Å². The second-order valence-electron chi connectivity index (χ2n) is 12.6. The predicted molar refractivity (Wildman–Crippen MR) is 189 cm³/mol. The SMILES string of the molecule is CCNC(=O)[C@@H](NC(=O)[C@H](C)NC[C@H](Cc1ccccc1)NC(=O)c1cccc(C(=O)NC(CC)Cc2ccc(C)c(O)c2)c1)C(C)C. The zero-order valence-corrected chi connectivity index (χ0v) is 28.9. The lowest BCUT2D eigenvalue weighted by atomic mass is 10.0. The largest absolute Gasteiger partial charge is 0.508 e. The van der Waals surface area contributed by atoms with Crippen molar-refractivity contribution in [1.29, 1.82) is 0 Å². The molecular weight excluding hydrogens is 606 g/mol. The number of likely N-dealkylation sites (N-methyl/N-ethyl adjacent to an activating group) is 1. The summed E-state index contributed by atoms with van der Waals surface area (Å²) < 4.78 is 0. The van der Waals surface area contributed by atoms with E-state index < -0.39 is 12.1 Å². The number of amides is 4. The van der Waals surface area contributed by atoms with Crippen LogP contribution in [-0.4, -0.2) is 66.0 Å². The van der Waals surface area contributed by atoms with E-state index in [1.165, 1.54) is 0 Å². The van der Waals surface area contributed by atoms with Crippen LogP contribution in [0.1, 0.15) is 78.4 Å². The fraction of sp³-hybridized carbons (Fsp3) is 0.421. The minimum absolute atomic E-state index is 0.0915. The van der Waals surface area contributed by atoms with E-state index in [1.807, 2.05) is 77.1 Å². The monoisotopic (exact) mass is 657 g/mol. The average Bonchev–Trinajstić information content (AvgIpc) is 3.07. The lowest BCUT2D eigenvalue weighted by molar-refractivity contribution is -0.130. The molecule has 48 heavy (non-hydrogen) atoms. The maximum Gasteiger partial charge on any atom is 0.251 e. The number of carbonyl (C=O) groups excluding carboxylic acids is 4. The molecule has 0 aliphatic rings. The molecule has 3 aromatic carbocycles. The number of phenolic OH excluding ortho intramolecular Hbond substituents is 1. The molecule has 0 saturated carbocycles. The van der Waals surface area contributed by atoms with Crippen molar-refractivity contribution in [3.63, 3.8) is 0 Å². The topological polar surface area (TPSA) is 149 Å². The number of hydrogen-bond donors (Lipinski definition) is 6. The van der Waals surface area contributed by atoms with Gasteiger partial charge in [0.25, 0.3) is 11.8 Å². The maximum atomic E-state index is 13.5. The molecule has 3 aromatic rings. The van der Waals surface area contributed by atoms with Crippen LogP contribution in [-0.2, 0) is 22.4 Å². The first-order valence-corrected chi connectivity index (χ1v) is 16.8. The van der Waals surface area contributed by atoms with Crippen molar-refractivity contribution in [3.05, 3.63) is 101 Å². The zero-order valence-electron chi connectivity index (χ0n) is 28.9. The van der Waals surface area contributed by atoms with E-state index in [4.69, 9.17) is 0 Å². The molecule has 6 N–H and O–H groups in total. The molecule has 10 heteroatoms. The smallest absolute Gasteiger partial charge is 0.251 e. The van der Waals surface area contributed by atoms with Gasteiger partial charge in [-0.15, -0.1) is 0 Å². The van der Waals surface area contributed by atoms with Crippen LogP contribution in [0.2, 0.25) is 0 Å². The Labute approximate surface area is 284 Å². The van der Waals surface area contributed by atoms with Crippen molar-refractivity contribution in [2.75, 3.05) is 13.1 Å². The number of rotatable bonds is 17. The second-order valence-corrected chi connectivity index (χ2v) is 12.6. The Balaban J connectivity index is 1.68. The van der Waals surface area contributed by atoms with Crippen LogP contribution >= 0.6 is 0 Å². The summed E-state index contributed by atoms with van der Waals surface area (Å²) in [6.45, 7) is 11.9. The standard InChI is InChI=1S/C38H51N5O5/c1-7-31(20-28-18-17-25(5)33(44)21-28)41-36(46)29-15-12-16-30(22-29)37(47)42-32(19-27-13-10-9-11-14-27)23-40-26(6)35(45)43-34(24(3)4)38(48)39-8-2/h9-18,21-22,24,26,31-32,34,40,44H,7-8,19-20,23H2,1-6H3,(H,39,48)(H,41,46)(H,42,47)(H,43,45)/t26-,31?,32-,34-/m0/s1. The van der Waals surface area contributed by atoms with Gasteiger partial charge in [-0.05, 0) is 86.9 Å². The molecule has 0 aliphatic heterocycles. The second kappa shape index (κ2) is 18.6. The van der Waals surface area contributed by atoms with Crippen LogP contribution in [0.25, 0.3) is 0 Å². The highest BCUT2D eigenvalue weighted by Gasteiger charge is 2.26. The lowest BCUT2D eigenvalue weighted by Gasteiger charge is -2.25. The summed E-state index contributed by atoms with van der Waals surface area (Å²) in [6, 6.07) is 20.0. The summed E-state index contributed by atoms with van der Waals surface area (Å²) in [5, 5.41) is 25.0. The molecule has 4 amide bonds. The molecule has 4 atom stereocenters. The summed E-state index contributed by atoms with van der Waals surface area (Å²) in [7, 11) is 0. The normalized spacial score (nSPS) is 13.6. The molecule has 0 spiro atoms. The number of nitrogens with one attached hydrogen (secondary N) is 5. The molecular formula is C38H51N5O5. The van der Waals surface area contributed by atoms with E-state index in [0.29, 0.717) is 36.9 Å². The van der Waals surface area contributed by atoms with E-state index >= 15 is 0 Å². The molecule has 3 rings (SSSR count). The van der Waals surface area contributed by atoms with Gasteiger partial charge in [0.2, 0.25) is 11.8 Å². The van der Waals surface area contributed by atoms with E-state index in [1.54, 1.807) is 37.3 Å². The van der Waals surface area contributed by atoms with Gasteiger partial charge in [-0.3, -0.25) is 19.2 Å². The molecule has 10 nitrogen and oxygen atoms in total. The number of hydrogen-bond acceptors (Lipinski definition) is 6. The van der Waals surface area contributed by atoms with Gasteiger partial charge in [-0.1, -0.05) is 69.3 Å². The number of benzene rings is 3. The van der Waals surface area contributed by atoms with Crippen molar-refractivity contribution in [1.82, 2.24) is 26.6 Å². The third-order valence-corrected chi connectivity index (χ3v) is 8.29. The fourth-order valence-electron chi connectivity index (χ4n) is 5.29. The van der Waals surface area contributed by atoms with Crippen LogP contribution in [0.15, 0.2) is 72.8 Å². The fourth-order valence-corrected chi connectivity index (χ4v) is 5.29. The minimum atomic E-state index is -0.658. The van der Waals surface area contributed by atoms with E-state index in [-0.39, 0.29) is 53.9 Å². The molecule has 0 radical (unpaired) electrons. The Morgan fingerprint density at radius 2 is 1.33 bits per heavy atom. The number of phenols is 1. The highest BCUT2D eigenvalue weighted by atomic mass is 16.3. The van der Waals surface area contributed by atoms with Gasteiger partial charge in [0.1, 0.15) is 11.8 Å². The van der Waals surface area contributed by atoms with Crippen LogP contribution < -0.4 is 26.6 Å². The van der Waals surface area contributed by atoms with Gasteiger partial charge in [-0.25, -0.2) is 0 Å². The molecule has 0 saturated heterocycles. The summed E-state index contributed by atoms with van der Waals surface area (Å²) in [5.74, 6) is -1.04. The Kier molecular flexibility index (Phi) is 14.6.